The highest BCUT2D eigenvalue weighted by Gasteiger charge is 2.17. The number of carbonyl (C=O) groups is 3. The summed E-state index contributed by atoms with van der Waals surface area (Å²) >= 11 is 0. The number of hydrogen-bond acceptors (Lipinski definition) is 6. The molecule has 0 fully saturated rings. The van der Waals surface area contributed by atoms with Crippen LogP contribution in [0.3, 0.4) is 0 Å². The standard InChI is InChI=1S/C19H22N2O6/c1-12(2)27-15-8-7-13(10-16(15)25-4)19(24)26-11-17(22)20-18(23)14-6-5-9-21(14)3/h5-10,12H,11H2,1-4H3,(H,20,22,23). The topological polar surface area (TPSA) is 95.9 Å². The Morgan fingerprint density at radius 3 is 2.48 bits per heavy atom. The van der Waals surface area contributed by atoms with Gasteiger partial charge in [-0.15, -0.1) is 0 Å². The number of amides is 2. The minimum Gasteiger partial charge on any atom is -0.493 e. The molecule has 1 aromatic carbocycles. The van der Waals surface area contributed by atoms with Crippen molar-refractivity contribution in [1.82, 2.24) is 9.88 Å². The second-order valence-electron chi connectivity index (χ2n) is 5.99. The molecule has 0 spiro atoms. The molecule has 0 atom stereocenters. The fourth-order valence-electron chi connectivity index (χ4n) is 2.28. The Morgan fingerprint density at radius 2 is 1.89 bits per heavy atom. The van der Waals surface area contributed by atoms with Gasteiger partial charge < -0.3 is 18.8 Å². The van der Waals surface area contributed by atoms with Gasteiger partial charge in [0.25, 0.3) is 11.8 Å². The zero-order valence-corrected chi connectivity index (χ0v) is 15.6. The zero-order valence-electron chi connectivity index (χ0n) is 15.6. The van der Waals surface area contributed by atoms with Crippen molar-refractivity contribution in [2.45, 2.75) is 20.0 Å². The van der Waals surface area contributed by atoms with Crippen LogP contribution in [0.25, 0.3) is 0 Å². The number of hydrogen-bond donors (Lipinski definition) is 1. The van der Waals surface area contributed by atoms with Crippen LogP contribution >= 0.6 is 0 Å². The van der Waals surface area contributed by atoms with Gasteiger partial charge in [-0.2, -0.15) is 0 Å². The number of nitrogens with zero attached hydrogens (tertiary/aromatic N) is 1. The molecule has 0 aliphatic carbocycles. The first-order valence-corrected chi connectivity index (χ1v) is 8.29. The summed E-state index contributed by atoms with van der Waals surface area (Å²) in [4.78, 5) is 35.9. The predicted molar refractivity (Wildman–Crippen MR) is 96.9 cm³/mol. The van der Waals surface area contributed by atoms with E-state index in [1.165, 1.54) is 19.2 Å². The number of ether oxygens (including phenoxy) is 3. The minimum atomic E-state index is -0.721. The molecule has 0 aliphatic rings. The van der Waals surface area contributed by atoms with Crippen LogP contribution in [0, 0.1) is 0 Å². The first kappa shape index (κ1) is 20.0. The molecule has 144 valence electrons. The highest BCUT2D eigenvalue weighted by molar-refractivity contribution is 6.04. The van der Waals surface area contributed by atoms with Crippen LogP contribution < -0.4 is 14.8 Å². The van der Waals surface area contributed by atoms with E-state index in [4.69, 9.17) is 14.2 Å². The van der Waals surface area contributed by atoms with Crippen LogP contribution in [-0.2, 0) is 16.6 Å². The van der Waals surface area contributed by atoms with Crippen LogP contribution in [0.1, 0.15) is 34.7 Å². The van der Waals surface area contributed by atoms with Crippen LogP contribution in [0.5, 0.6) is 11.5 Å². The highest BCUT2D eigenvalue weighted by Crippen LogP contribution is 2.29. The Hall–Kier alpha value is -3.29. The lowest BCUT2D eigenvalue weighted by Gasteiger charge is -2.14. The minimum absolute atomic E-state index is 0.0536. The monoisotopic (exact) mass is 374 g/mol. The number of rotatable bonds is 7. The summed E-state index contributed by atoms with van der Waals surface area (Å²) in [6, 6.07) is 7.82. The number of carbonyl (C=O) groups excluding carboxylic acids is 3. The second-order valence-corrected chi connectivity index (χ2v) is 5.99. The maximum Gasteiger partial charge on any atom is 0.338 e. The van der Waals surface area contributed by atoms with E-state index in [0.29, 0.717) is 17.2 Å². The van der Waals surface area contributed by atoms with Gasteiger partial charge in [0, 0.05) is 13.2 Å². The summed E-state index contributed by atoms with van der Waals surface area (Å²) < 4.78 is 17.3. The van der Waals surface area contributed by atoms with Gasteiger partial charge >= 0.3 is 5.97 Å². The molecular weight excluding hydrogens is 352 g/mol. The number of aryl methyl sites for hydroxylation is 1. The molecule has 0 unspecified atom stereocenters. The number of nitrogens with one attached hydrogen (secondary N) is 1. The molecule has 0 bridgehead atoms. The van der Waals surface area contributed by atoms with Crippen molar-refractivity contribution >= 4 is 17.8 Å². The maximum absolute atomic E-state index is 12.1. The summed E-state index contributed by atoms with van der Waals surface area (Å²) in [5, 5.41) is 2.16. The summed E-state index contributed by atoms with van der Waals surface area (Å²) in [5.41, 5.74) is 0.518. The Labute approximate surface area is 157 Å². The molecule has 0 radical (unpaired) electrons. The molecule has 0 saturated heterocycles. The molecule has 27 heavy (non-hydrogen) atoms. The van der Waals surface area contributed by atoms with Gasteiger partial charge in [-0.25, -0.2) is 4.79 Å². The lowest BCUT2D eigenvalue weighted by molar-refractivity contribution is -0.123. The van der Waals surface area contributed by atoms with Gasteiger partial charge in [-0.05, 0) is 44.2 Å². The average molecular weight is 374 g/mol. The molecule has 1 heterocycles. The van der Waals surface area contributed by atoms with Gasteiger partial charge in [0.05, 0.1) is 18.8 Å². The third-order valence-corrected chi connectivity index (χ3v) is 3.53. The quantitative estimate of drug-likeness (QED) is 0.744. The van der Waals surface area contributed by atoms with Crippen molar-refractivity contribution in [3.63, 3.8) is 0 Å². The van der Waals surface area contributed by atoms with E-state index in [-0.39, 0.29) is 11.7 Å². The normalized spacial score (nSPS) is 10.4. The molecule has 1 aromatic heterocycles. The Morgan fingerprint density at radius 1 is 1.15 bits per heavy atom. The van der Waals surface area contributed by atoms with Crippen molar-refractivity contribution in [3.05, 3.63) is 47.8 Å². The van der Waals surface area contributed by atoms with E-state index in [0.717, 1.165) is 0 Å². The third kappa shape index (κ3) is 5.34. The summed E-state index contributed by atoms with van der Waals surface area (Å²) in [6.45, 7) is 3.16. The summed E-state index contributed by atoms with van der Waals surface area (Å²) in [5.74, 6) is -1.14. The lowest BCUT2D eigenvalue weighted by Crippen LogP contribution is -2.35. The van der Waals surface area contributed by atoms with E-state index < -0.39 is 24.4 Å². The molecule has 2 aromatic rings. The van der Waals surface area contributed by atoms with Crippen LogP contribution in [-0.4, -0.2) is 42.2 Å². The van der Waals surface area contributed by atoms with E-state index >= 15 is 0 Å². The van der Waals surface area contributed by atoms with E-state index in [1.807, 2.05) is 13.8 Å². The van der Waals surface area contributed by atoms with Crippen molar-refractivity contribution < 1.29 is 28.6 Å². The van der Waals surface area contributed by atoms with Crippen molar-refractivity contribution in [2.24, 2.45) is 7.05 Å². The molecule has 8 heteroatoms. The van der Waals surface area contributed by atoms with Crippen molar-refractivity contribution in [2.75, 3.05) is 13.7 Å². The van der Waals surface area contributed by atoms with Gasteiger partial charge in [-0.3, -0.25) is 14.9 Å². The Balaban J connectivity index is 1.94. The summed E-state index contributed by atoms with van der Waals surface area (Å²) in [7, 11) is 3.14. The average Bonchev–Trinajstić information content (AvgIpc) is 3.05. The number of benzene rings is 1. The molecule has 1 N–H and O–H groups in total. The zero-order chi connectivity index (χ0) is 20.0. The SMILES string of the molecule is COc1cc(C(=O)OCC(=O)NC(=O)c2cccn2C)ccc1OC(C)C. The number of aromatic nitrogens is 1. The first-order valence-electron chi connectivity index (χ1n) is 8.29. The number of methoxy groups -OCH3 is 1. The first-order chi connectivity index (χ1) is 12.8. The molecule has 0 saturated carbocycles. The fourth-order valence-corrected chi connectivity index (χ4v) is 2.28. The molecule has 2 amide bonds. The molecule has 0 aliphatic heterocycles. The molecule has 8 nitrogen and oxygen atoms in total. The van der Waals surface area contributed by atoms with E-state index in [1.54, 1.807) is 36.0 Å². The molecule has 2 rings (SSSR count). The van der Waals surface area contributed by atoms with Crippen LogP contribution in [0.4, 0.5) is 0 Å². The largest absolute Gasteiger partial charge is 0.493 e. The van der Waals surface area contributed by atoms with Crippen molar-refractivity contribution in [3.8, 4) is 11.5 Å². The van der Waals surface area contributed by atoms with E-state index in [9.17, 15) is 14.4 Å². The van der Waals surface area contributed by atoms with E-state index in [2.05, 4.69) is 5.32 Å². The number of imide groups is 1. The smallest absolute Gasteiger partial charge is 0.338 e. The maximum atomic E-state index is 12.1. The van der Waals surface area contributed by atoms with Gasteiger partial charge in [0.15, 0.2) is 18.1 Å². The van der Waals surface area contributed by atoms with Crippen molar-refractivity contribution in [1.29, 1.82) is 0 Å². The lowest BCUT2D eigenvalue weighted by atomic mass is 10.2. The number of esters is 1. The van der Waals surface area contributed by atoms with Crippen LogP contribution in [0.15, 0.2) is 36.5 Å². The van der Waals surface area contributed by atoms with Gasteiger partial charge in [0.1, 0.15) is 5.69 Å². The van der Waals surface area contributed by atoms with Gasteiger partial charge in [-0.1, -0.05) is 0 Å². The Kier molecular flexibility index (Phi) is 6.59. The second kappa shape index (κ2) is 8.88. The van der Waals surface area contributed by atoms with Gasteiger partial charge in [0.2, 0.25) is 0 Å². The summed E-state index contributed by atoms with van der Waals surface area (Å²) in [6.07, 6.45) is 1.63. The third-order valence-electron chi connectivity index (χ3n) is 3.53. The fraction of sp³-hybridized carbons (Fsp3) is 0.316. The highest BCUT2D eigenvalue weighted by atomic mass is 16.5. The molecular formula is C19H22N2O6. The predicted octanol–water partition coefficient (Wildman–Crippen LogP) is 1.93. The van der Waals surface area contributed by atoms with Crippen LogP contribution in [0.2, 0.25) is 0 Å². The Bertz CT molecular complexity index is 840.